The molecule has 1 aliphatic carbocycles. The van der Waals surface area contributed by atoms with Crippen LogP contribution >= 0.6 is 0 Å². The molecule has 1 aromatic carbocycles. The van der Waals surface area contributed by atoms with Crippen LogP contribution in [0.15, 0.2) is 30.3 Å². The third kappa shape index (κ3) is 4.04. The fraction of sp³-hybridized carbons (Fsp3) is 0.500. The molecule has 0 aliphatic heterocycles. The Hall–Kier alpha value is -1.88. The van der Waals surface area contributed by atoms with Gasteiger partial charge in [-0.25, -0.2) is 0 Å². The number of nitrogens with two attached hydrogens (primary N) is 1. The first-order valence-electron chi connectivity index (χ1n) is 7.37. The highest BCUT2D eigenvalue weighted by molar-refractivity contribution is 5.84. The van der Waals surface area contributed by atoms with Gasteiger partial charge in [0.2, 0.25) is 5.91 Å². The smallest absolute Gasteiger partial charge is 0.305 e. The molecule has 1 atom stereocenters. The fourth-order valence-electron chi connectivity index (χ4n) is 3.01. The highest BCUT2D eigenvalue weighted by atomic mass is 16.4. The maximum absolute atomic E-state index is 12.4. The van der Waals surface area contributed by atoms with Crippen molar-refractivity contribution < 1.29 is 14.7 Å². The van der Waals surface area contributed by atoms with Gasteiger partial charge in [-0.1, -0.05) is 49.6 Å². The molecule has 0 aromatic heterocycles. The summed E-state index contributed by atoms with van der Waals surface area (Å²) in [5.74, 6) is -1.19. The predicted molar refractivity (Wildman–Crippen MR) is 79.6 cm³/mol. The Kier molecular flexibility index (Phi) is 4.96. The van der Waals surface area contributed by atoms with E-state index in [1.165, 1.54) is 0 Å². The van der Waals surface area contributed by atoms with Crippen molar-refractivity contribution in [1.82, 2.24) is 5.32 Å². The largest absolute Gasteiger partial charge is 0.481 e. The number of carboxylic acids is 1. The summed E-state index contributed by atoms with van der Waals surface area (Å²) in [6.07, 6.45) is 4.32. The van der Waals surface area contributed by atoms with Crippen LogP contribution < -0.4 is 11.1 Å². The van der Waals surface area contributed by atoms with Crippen LogP contribution in [0.25, 0.3) is 0 Å². The molecule has 1 aliphatic rings. The highest BCUT2D eigenvalue weighted by Crippen LogP contribution is 2.31. The normalized spacial score (nSPS) is 18.7. The second-order valence-corrected chi connectivity index (χ2v) is 5.79. The van der Waals surface area contributed by atoms with E-state index in [0.29, 0.717) is 12.8 Å². The van der Waals surface area contributed by atoms with Crippen LogP contribution in [0.2, 0.25) is 0 Å². The van der Waals surface area contributed by atoms with Crippen molar-refractivity contribution in [3.05, 3.63) is 35.9 Å². The van der Waals surface area contributed by atoms with Gasteiger partial charge in [-0.15, -0.1) is 0 Å². The quantitative estimate of drug-likeness (QED) is 0.773. The van der Waals surface area contributed by atoms with Gasteiger partial charge in [0.25, 0.3) is 0 Å². The maximum Gasteiger partial charge on any atom is 0.305 e. The number of amides is 1. The van der Waals surface area contributed by atoms with Gasteiger partial charge < -0.3 is 16.2 Å². The molecule has 1 unspecified atom stereocenters. The molecule has 5 heteroatoms. The molecule has 0 heterocycles. The minimum absolute atomic E-state index is 0.0414. The lowest BCUT2D eigenvalue weighted by Gasteiger charge is -2.37. The molecule has 5 nitrogen and oxygen atoms in total. The fourth-order valence-corrected chi connectivity index (χ4v) is 3.01. The van der Waals surface area contributed by atoms with Gasteiger partial charge in [0, 0.05) is 0 Å². The van der Waals surface area contributed by atoms with Gasteiger partial charge in [0.1, 0.15) is 6.04 Å². The van der Waals surface area contributed by atoms with E-state index in [1.807, 2.05) is 18.2 Å². The Bertz CT molecular complexity index is 496. The zero-order chi connectivity index (χ0) is 15.3. The van der Waals surface area contributed by atoms with E-state index >= 15 is 0 Å². The van der Waals surface area contributed by atoms with E-state index in [2.05, 4.69) is 5.32 Å². The lowest BCUT2D eigenvalue weighted by Crippen LogP contribution is -2.53. The summed E-state index contributed by atoms with van der Waals surface area (Å²) in [7, 11) is 0. The topological polar surface area (TPSA) is 92.4 Å². The first-order valence-corrected chi connectivity index (χ1v) is 7.37. The summed E-state index contributed by atoms with van der Waals surface area (Å²) in [6, 6.07) is 8.36. The van der Waals surface area contributed by atoms with Crippen LogP contribution in [0.4, 0.5) is 0 Å². The molecular formula is C16H22N2O3. The lowest BCUT2D eigenvalue weighted by molar-refractivity contribution is -0.139. The first kappa shape index (κ1) is 15.5. The van der Waals surface area contributed by atoms with E-state index in [4.69, 9.17) is 10.8 Å². The summed E-state index contributed by atoms with van der Waals surface area (Å²) in [5, 5.41) is 12.0. The minimum Gasteiger partial charge on any atom is -0.481 e. The average Bonchev–Trinajstić information content (AvgIpc) is 2.47. The van der Waals surface area contributed by atoms with E-state index in [-0.39, 0.29) is 12.3 Å². The highest BCUT2D eigenvalue weighted by Gasteiger charge is 2.36. The molecule has 0 spiro atoms. The van der Waals surface area contributed by atoms with Crippen LogP contribution in [0.5, 0.6) is 0 Å². The standard InChI is InChI=1S/C16H22N2O3/c17-14(12-7-3-1-4-8-12)15(21)18-16(11-13(19)20)9-5-2-6-10-16/h1,3-4,7-8,14H,2,5-6,9-11,17H2,(H,18,21)(H,19,20). The second-order valence-electron chi connectivity index (χ2n) is 5.79. The van der Waals surface area contributed by atoms with Gasteiger partial charge in [-0.2, -0.15) is 0 Å². The number of hydrogen-bond acceptors (Lipinski definition) is 3. The molecular weight excluding hydrogens is 268 g/mol. The molecule has 1 amide bonds. The molecule has 2 rings (SSSR count). The molecule has 1 fully saturated rings. The van der Waals surface area contributed by atoms with Gasteiger partial charge >= 0.3 is 5.97 Å². The maximum atomic E-state index is 12.4. The van der Waals surface area contributed by atoms with E-state index < -0.39 is 17.6 Å². The van der Waals surface area contributed by atoms with Crippen molar-refractivity contribution in [2.45, 2.75) is 50.1 Å². The van der Waals surface area contributed by atoms with Crippen LogP contribution in [0, 0.1) is 0 Å². The SMILES string of the molecule is NC(C(=O)NC1(CC(=O)O)CCCCC1)c1ccccc1. The molecule has 1 saturated carbocycles. The van der Waals surface area contributed by atoms with Crippen molar-refractivity contribution in [1.29, 1.82) is 0 Å². The van der Waals surface area contributed by atoms with E-state index in [0.717, 1.165) is 24.8 Å². The number of nitrogens with one attached hydrogen (secondary N) is 1. The van der Waals surface area contributed by atoms with E-state index in [9.17, 15) is 9.59 Å². The van der Waals surface area contributed by atoms with E-state index in [1.54, 1.807) is 12.1 Å². The Morgan fingerprint density at radius 2 is 1.81 bits per heavy atom. The van der Waals surface area contributed by atoms with Crippen LogP contribution in [-0.4, -0.2) is 22.5 Å². The van der Waals surface area contributed by atoms with Crippen molar-refractivity contribution in [2.24, 2.45) is 5.73 Å². The molecule has 0 bridgehead atoms. The Morgan fingerprint density at radius 3 is 2.38 bits per heavy atom. The number of benzene rings is 1. The number of carboxylic acid groups (broad SMARTS) is 1. The van der Waals surface area contributed by atoms with Crippen LogP contribution in [0.1, 0.15) is 50.1 Å². The number of aliphatic carboxylic acids is 1. The van der Waals surface area contributed by atoms with Crippen LogP contribution in [-0.2, 0) is 9.59 Å². The summed E-state index contributed by atoms with van der Waals surface area (Å²) in [5.41, 5.74) is 6.07. The average molecular weight is 290 g/mol. The van der Waals surface area contributed by atoms with Gasteiger partial charge in [-0.05, 0) is 18.4 Å². The summed E-state index contributed by atoms with van der Waals surface area (Å²) >= 11 is 0. The van der Waals surface area contributed by atoms with Gasteiger partial charge in [0.15, 0.2) is 0 Å². The minimum atomic E-state index is -0.884. The zero-order valence-corrected chi connectivity index (χ0v) is 12.0. The Morgan fingerprint density at radius 1 is 1.19 bits per heavy atom. The van der Waals surface area contributed by atoms with Gasteiger partial charge in [-0.3, -0.25) is 9.59 Å². The zero-order valence-electron chi connectivity index (χ0n) is 12.0. The first-order chi connectivity index (χ1) is 10.0. The number of carbonyl (C=O) groups excluding carboxylic acids is 1. The number of carbonyl (C=O) groups is 2. The lowest BCUT2D eigenvalue weighted by atomic mass is 9.79. The van der Waals surface area contributed by atoms with Crippen LogP contribution in [0.3, 0.4) is 0 Å². The summed E-state index contributed by atoms with van der Waals surface area (Å²) in [6.45, 7) is 0. The molecule has 114 valence electrons. The third-order valence-electron chi connectivity index (χ3n) is 4.13. The van der Waals surface area contributed by atoms with Crippen molar-refractivity contribution in [2.75, 3.05) is 0 Å². The summed E-state index contributed by atoms with van der Waals surface area (Å²) < 4.78 is 0. The molecule has 21 heavy (non-hydrogen) atoms. The summed E-state index contributed by atoms with van der Waals surface area (Å²) in [4.78, 5) is 23.5. The van der Waals surface area contributed by atoms with Crippen molar-refractivity contribution in [3.63, 3.8) is 0 Å². The predicted octanol–water partition coefficient (Wildman–Crippen LogP) is 1.98. The molecule has 1 aromatic rings. The number of rotatable bonds is 5. The molecule has 0 saturated heterocycles. The molecule has 0 radical (unpaired) electrons. The van der Waals surface area contributed by atoms with Crippen molar-refractivity contribution >= 4 is 11.9 Å². The third-order valence-corrected chi connectivity index (χ3v) is 4.13. The van der Waals surface area contributed by atoms with Crippen molar-refractivity contribution in [3.8, 4) is 0 Å². The van der Waals surface area contributed by atoms with Gasteiger partial charge in [0.05, 0.1) is 12.0 Å². The Balaban J connectivity index is 2.09. The molecule has 4 N–H and O–H groups in total. The number of hydrogen-bond donors (Lipinski definition) is 3. The Labute approximate surface area is 124 Å². The second kappa shape index (κ2) is 6.72. The monoisotopic (exact) mass is 290 g/mol.